The van der Waals surface area contributed by atoms with Crippen LogP contribution in [-0.2, 0) is 6.54 Å². The molecule has 0 unspecified atom stereocenters. The van der Waals surface area contributed by atoms with E-state index in [0.717, 1.165) is 11.0 Å². The highest BCUT2D eigenvalue weighted by atomic mass is 19.4. The molecule has 5 nitrogen and oxygen atoms in total. The van der Waals surface area contributed by atoms with Gasteiger partial charge in [-0.1, -0.05) is 18.2 Å². The van der Waals surface area contributed by atoms with E-state index in [1.165, 1.54) is 43.6 Å². The third-order valence-electron chi connectivity index (χ3n) is 3.00. The number of para-hydroxylation sites is 1. The first kappa shape index (κ1) is 16.6. The molecular weight excluding hydrogens is 313 g/mol. The highest BCUT2D eigenvalue weighted by molar-refractivity contribution is 5.93. The lowest BCUT2D eigenvalue weighted by Crippen LogP contribution is -2.31. The molecule has 2 rings (SSSR count). The lowest BCUT2D eigenvalue weighted by atomic mass is 10.1. The Balaban J connectivity index is 2.21. The fourth-order valence-corrected chi connectivity index (χ4v) is 1.98. The topological polar surface area (TPSA) is 62.4 Å². The average molecular weight is 326 g/mol. The zero-order valence-corrected chi connectivity index (χ0v) is 12.1. The summed E-state index contributed by atoms with van der Waals surface area (Å²) in [5.41, 5.74) is -0.485. The Bertz CT molecular complexity index is 756. The monoisotopic (exact) mass is 326 g/mol. The highest BCUT2D eigenvalue weighted by Crippen LogP contribution is 2.27. The molecule has 0 aliphatic carbocycles. The number of amides is 1. The number of rotatable bonds is 4. The van der Waals surface area contributed by atoms with Crippen LogP contribution in [0, 0.1) is 0 Å². The molecule has 0 aliphatic rings. The molecule has 0 radical (unpaired) electrons. The predicted molar refractivity (Wildman–Crippen MR) is 76.0 cm³/mol. The molecule has 0 spiro atoms. The number of hydrogen-bond acceptors (Lipinski definition) is 3. The van der Waals surface area contributed by atoms with Crippen LogP contribution in [-0.4, -0.2) is 29.2 Å². The Hall–Kier alpha value is -2.77. The van der Waals surface area contributed by atoms with Crippen LogP contribution in [0.1, 0.15) is 15.9 Å². The van der Waals surface area contributed by atoms with Crippen LogP contribution in [0.15, 0.2) is 47.4 Å². The van der Waals surface area contributed by atoms with Gasteiger partial charge in [0.25, 0.3) is 11.5 Å². The second-order valence-electron chi connectivity index (χ2n) is 4.73. The minimum Gasteiger partial charge on any atom is -0.405 e. The van der Waals surface area contributed by atoms with E-state index in [1.54, 1.807) is 0 Å². The van der Waals surface area contributed by atoms with Crippen LogP contribution in [0.4, 0.5) is 13.2 Å². The van der Waals surface area contributed by atoms with Crippen molar-refractivity contribution < 1.29 is 22.7 Å². The van der Waals surface area contributed by atoms with Crippen molar-refractivity contribution >= 4 is 5.91 Å². The summed E-state index contributed by atoms with van der Waals surface area (Å²) in [6.07, 6.45) is -3.44. The summed E-state index contributed by atoms with van der Waals surface area (Å²) >= 11 is 0. The average Bonchev–Trinajstić information content (AvgIpc) is 2.47. The maximum absolute atomic E-state index is 12.4. The quantitative estimate of drug-likeness (QED) is 0.939. The molecule has 0 atom stereocenters. The van der Waals surface area contributed by atoms with Gasteiger partial charge in [-0.15, -0.1) is 13.2 Å². The summed E-state index contributed by atoms with van der Waals surface area (Å²) in [4.78, 5) is 27.3. The number of ether oxygens (including phenoxy) is 1. The van der Waals surface area contributed by atoms with Gasteiger partial charge in [-0.25, -0.2) is 0 Å². The van der Waals surface area contributed by atoms with Crippen LogP contribution < -0.4 is 10.3 Å². The van der Waals surface area contributed by atoms with Gasteiger partial charge in [0.05, 0.1) is 0 Å². The number of H-pyrrole nitrogens is 1. The Morgan fingerprint density at radius 1 is 1.22 bits per heavy atom. The van der Waals surface area contributed by atoms with Gasteiger partial charge in [-0.05, 0) is 18.2 Å². The molecular formula is C15H13F3N2O3. The number of pyridine rings is 1. The first-order valence-corrected chi connectivity index (χ1v) is 6.55. The van der Waals surface area contributed by atoms with Crippen molar-refractivity contribution in [1.82, 2.24) is 9.88 Å². The summed E-state index contributed by atoms with van der Waals surface area (Å²) in [7, 11) is 1.39. The second-order valence-corrected chi connectivity index (χ2v) is 4.73. The van der Waals surface area contributed by atoms with Gasteiger partial charge in [-0.3, -0.25) is 9.59 Å². The third kappa shape index (κ3) is 4.35. The number of carbonyl (C=O) groups excluding carboxylic acids is 1. The summed E-state index contributed by atoms with van der Waals surface area (Å²) < 4.78 is 41.1. The van der Waals surface area contributed by atoms with E-state index in [0.29, 0.717) is 0 Å². The number of benzene rings is 1. The minimum atomic E-state index is -4.82. The lowest BCUT2D eigenvalue weighted by Gasteiger charge is -2.19. The fourth-order valence-electron chi connectivity index (χ4n) is 1.98. The molecule has 1 aromatic heterocycles. The summed E-state index contributed by atoms with van der Waals surface area (Å²) in [6.45, 7) is -0.139. The number of hydrogen-bond donors (Lipinski definition) is 1. The molecule has 1 N–H and O–H groups in total. The first-order valence-electron chi connectivity index (χ1n) is 6.55. The van der Waals surface area contributed by atoms with Crippen LogP contribution in [0.3, 0.4) is 0 Å². The van der Waals surface area contributed by atoms with Gasteiger partial charge >= 0.3 is 6.36 Å². The largest absolute Gasteiger partial charge is 0.573 e. The minimum absolute atomic E-state index is 0.0933. The zero-order valence-electron chi connectivity index (χ0n) is 12.1. The number of aromatic nitrogens is 1. The van der Waals surface area contributed by atoms with Crippen molar-refractivity contribution in [3.05, 3.63) is 64.1 Å². The number of aromatic amines is 1. The molecule has 8 heteroatoms. The molecule has 122 valence electrons. The molecule has 1 aromatic carbocycles. The van der Waals surface area contributed by atoms with Gasteiger partial charge in [0, 0.05) is 25.4 Å². The van der Waals surface area contributed by atoms with E-state index in [2.05, 4.69) is 9.72 Å². The molecule has 2 aromatic rings. The van der Waals surface area contributed by atoms with Crippen molar-refractivity contribution in [1.29, 1.82) is 0 Å². The van der Waals surface area contributed by atoms with Crippen LogP contribution in [0.2, 0.25) is 0 Å². The van der Waals surface area contributed by atoms with Gasteiger partial charge in [0.1, 0.15) is 11.3 Å². The van der Waals surface area contributed by atoms with Crippen molar-refractivity contribution in [2.75, 3.05) is 7.05 Å². The number of carbonyl (C=O) groups is 1. The molecule has 1 heterocycles. The van der Waals surface area contributed by atoms with Crippen LogP contribution in [0.25, 0.3) is 0 Å². The number of nitrogens with one attached hydrogen (secondary N) is 1. The van der Waals surface area contributed by atoms with Gasteiger partial charge < -0.3 is 14.6 Å². The molecule has 23 heavy (non-hydrogen) atoms. The molecule has 1 amide bonds. The lowest BCUT2D eigenvalue weighted by molar-refractivity contribution is -0.274. The predicted octanol–water partition coefficient (Wildman–Crippen LogP) is 2.55. The van der Waals surface area contributed by atoms with E-state index in [1.807, 2.05) is 0 Å². The highest BCUT2D eigenvalue weighted by Gasteiger charge is 2.32. The molecule has 0 fully saturated rings. The number of alkyl halides is 3. The Morgan fingerprint density at radius 2 is 1.91 bits per heavy atom. The standard InChI is InChI=1S/C15H13F3N2O3/c1-20(14(22)11-6-4-8-19-13(11)21)9-10-5-2-3-7-12(10)23-15(16,17)18/h2-8H,9H2,1H3,(H,19,21). The van der Waals surface area contributed by atoms with E-state index < -0.39 is 17.8 Å². The van der Waals surface area contributed by atoms with Gasteiger partial charge in [0.2, 0.25) is 0 Å². The normalized spacial score (nSPS) is 11.1. The second kappa shape index (κ2) is 6.55. The third-order valence-corrected chi connectivity index (χ3v) is 3.00. The van der Waals surface area contributed by atoms with E-state index >= 15 is 0 Å². The smallest absolute Gasteiger partial charge is 0.405 e. The van der Waals surface area contributed by atoms with Crippen LogP contribution >= 0.6 is 0 Å². The van der Waals surface area contributed by atoms with E-state index in [9.17, 15) is 22.8 Å². The van der Waals surface area contributed by atoms with Crippen molar-refractivity contribution in [3.63, 3.8) is 0 Å². The van der Waals surface area contributed by atoms with E-state index in [4.69, 9.17) is 0 Å². The van der Waals surface area contributed by atoms with Gasteiger partial charge in [-0.2, -0.15) is 0 Å². The van der Waals surface area contributed by atoms with Gasteiger partial charge in [0.15, 0.2) is 0 Å². The Kier molecular flexibility index (Phi) is 4.73. The maximum atomic E-state index is 12.4. The SMILES string of the molecule is CN(Cc1ccccc1OC(F)(F)F)C(=O)c1ccc[nH]c1=O. The maximum Gasteiger partial charge on any atom is 0.573 e. The molecule has 0 bridgehead atoms. The Morgan fingerprint density at radius 3 is 2.57 bits per heavy atom. The number of halogens is 3. The Labute approximate surface area is 129 Å². The van der Waals surface area contributed by atoms with Crippen molar-refractivity contribution in [2.45, 2.75) is 12.9 Å². The molecule has 0 aliphatic heterocycles. The van der Waals surface area contributed by atoms with Crippen molar-refractivity contribution in [2.24, 2.45) is 0 Å². The molecule has 0 saturated carbocycles. The van der Waals surface area contributed by atoms with Crippen LogP contribution in [0.5, 0.6) is 5.75 Å². The first-order chi connectivity index (χ1) is 10.8. The summed E-state index contributed by atoms with van der Waals surface area (Å²) in [5.74, 6) is -0.990. The fraction of sp³-hybridized carbons (Fsp3) is 0.200. The van der Waals surface area contributed by atoms with Crippen molar-refractivity contribution in [3.8, 4) is 5.75 Å². The molecule has 0 saturated heterocycles. The zero-order chi connectivity index (χ0) is 17.0. The number of nitrogens with zero attached hydrogens (tertiary/aromatic N) is 1. The summed E-state index contributed by atoms with van der Waals surface area (Å²) in [6, 6.07) is 8.34. The summed E-state index contributed by atoms with van der Waals surface area (Å²) in [5, 5.41) is 0. The van der Waals surface area contributed by atoms with E-state index in [-0.39, 0.29) is 23.4 Å².